The maximum Gasteiger partial charge on any atom is 0.201 e. The van der Waals surface area contributed by atoms with Gasteiger partial charge in [-0.1, -0.05) is 7.43 Å². The molecule has 0 amide bonds. The van der Waals surface area contributed by atoms with Gasteiger partial charge in [0.1, 0.15) is 13.1 Å². The molecule has 25 heavy (non-hydrogen) atoms. The molecule has 0 aromatic heterocycles. The molecule has 3 nitrogen and oxygen atoms in total. The number of benzene rings is 2. The molecule has 1 aliphatic heterocycles. The van der Waals surface area contributed by atoms with Crippen LogP contribution in [-0.2, 0) is 0 Å². The van der Waals surface area contributed by atoms with E-state index in [2.05, 4.69) is 73.6 Å². The van der Waals surface area contributed by atoms with Crippen LogP contribution in [0.15, 0.2) is 36.4 Å². The van der Waals surface area contributed by atoms with Crippen LogP contribution >= 0.6 is 11.3 Å². The molecular weight excluding hydrogens is 326 g/mol. The molecule has 0 spiro atoms. The summed E-state index contributed by atoms with van der Waals surface area (Å²) in [6, 6.07) is 13.2. The van der Waals surface area contributed by atoms with Crippen LogP contribution in [0.3, 0.4) is 0 Å². The Morgan fingerprint density at radius 3 is 2.32 bits per heavy atom. The zero-order valence-electron chi connectivity index (χ0n) is 15.0. The lowest BCUT2D eigenvalue weighted by Crippen LogP contribution is -2.29. The Morgan fingerprint density at radius 2 is 1.68 bits per heavy atom. The fourth-order valence-corrected chi connectivity index (χ4v) is 4.21. The molecule has 0 saturated heterocycles. The van der Waals surface area contributed by atoms with E-state index < -0.39 is 0 Å². The van der Waals surface area contributed by atoms with Crippen molar-refractivity contribution in [2.75, 3.05) is 31.1 Å². The maximum atomic E-state index is 4.86. The predicted molar refractivity (Wildman–Crippen MR) is 113 cm³/mol. The third-order valence-corrected chi connectivity index (χ3v) is 5.70. The summed E-state index contributed by atoms with van der Waals surface area (Å²) >= 11 is 1.84. The minimum absolute atomic E-state index is 0. The van der Waals surface area contributed by atoms with E-state index in [1.165, 1.54) is 20.6 Å². The monoisotopic (exact) mass is 356 g/mol. The molecule has 2 aliphatic rings. The smallest absolute Gasteiger partial charge is 0.201 e. The number of anilines is 1. The summed E-state index contributed by atoms with van der Waals surface area (Å²) in [4.78, 5) is 8.49. The van der Waals surface area contributed by atoms with Gasteiger partial charge in [-0.15, -0.1) is 11.3 Å². The van der Waals surface area contributed by atoms with Gasteiger partial charge in [-0.3, -0.25) is 0 Å². The van der Waals surface area contributed by atoms with Gasteiger partial charge >= 0.3 is 0 Å². The summed E-state index contributed by atoms with van der Waals surface area (Å²) in [5.74, 6) is 0. The molecule has 0 bridgehead atoms. The second-order valence-electron chi connectivity index (χ2n) is 5.86. The molecule has 0 N–H and O–H groups in total. The highest BCUT2D eigenvalue weighted by Crippen LogP contribution is 2.31. The van der Waals surface area contributed by atoms with E-state index in [4.69, 9.17) is 4.98 Å². The number of nitrogens with zero attached hydrogens (tertiary/aromatic N) is 3. The summed E-state index contributed by atoms with van der Waals surface area (Å²) in [7, 11) is 0. The molecule has 1 heterocycles. The van der Waals surface area contributed by atoms with Gasteiger partial charge in [0.15, 0.2) is 0 Å². The first kappa shape index (κ1) is 19.4. The molecule has 134 valence electrons. The van der Waals surface area contributed by atoms with Gasteiger partial charge in [0.2, 0.25) is 5.36 Å². The Bertz CT molecular complexity index is 872. The molecule has 0 unspecified atom stereocenters. The van der Waals surface area contributed by atoms with Gasteiger partial charge in [0.05, 0.1) is 20.8 Å². The summed E-state index contributed by atoms with van der Waals surface area (Å²) in [5.41, 5.74) is 3.45. The van der Waals surface area contributed by atoms with E-state index in [1.807, 2.05) is 11.3 Å². The van der Waals surface area contributed by atoms with Gasteiger partial charge in [0, 0.05) is 30.9 Å². The molecule has 1 aromatic carbocycles. The van der Waals surface area contributed by atoms with E-state index in [9.17, 15) is 0 Å². The van der Waals surface area contributed by atoms with Crippen LogP contribution in [0.5, 0.6) is 0 Å². The molecule has 0 radical (unpaired) electrons. The minimum Gasteiger partial charge on any atom is -0.372 e. The Kier molecular flexibility index (Phi) is 6.54. The highest BCUT2D eigenvalue weighted by molar-refractivity contribution is 7.21. The summed E-state index contributed by atoms with van der Waals surface area (Å²) in [6.45, 7) is 12.9. The largest absolute Gasteiger partial charge is 0.372 e. The SMILES string of the molecule is C.CCN(CC)c1ccc2nc3ccc(=[N+](CC)CC)cc-3sc2c1. The van der Waals surface area contributed by atoms with E-state index >= 15 is 0 Å². The topological polar surface area (TPSA) is 19.1 Å². The number of hydrogen-bond acceptors (Lipinski definition) is 3. The van der Waals surface area contributed by atoms with Crippen LogP contribution in [-0.4, -0.2) is 31.2 Å². The van der Waals surface area contributed by atoms with Crippen LogP contribution in [0, 0.1) is 0 Å². The van der Waals surface area contributed by atoms with Crippen molar-refractivity contribution in [3.05, 3.63) is 41.8 Å². The fraction of sp³-hybridized carbons (Fsp3) is 0.429. The number of aromatic nitrogens is 1. The van der Waals surface area contributed by atoms with Crippen molar-refractivity contribution >= 4 is 27.2 Å². The normalized spacial score (nSPS) is 10.7. The fourth-order valence-electron chi connectivity index (χ4n) is 3.17. The Morgan fingerprint density at radius 1 is 0.960 bits per heavy atom. The Balaban J connectivity index is 0.00000225. The summed E-state index contributed by atoms with van der Waals surface area (Å²) < 4.78 is 3.63. The third kappa shape index (κ3) is 3.84. The minimum atomic E-state index is 0. The standard InChI is InChI=1S/C20H26N3S.CH4/c1-5-22(6-2)15-9-11-17-19(13-15)24-20-14-16(23(7-3)8-4)10-12-18(20)21-17;/h9-14H,5-8H2,1-4H3;1H4/q+1;. The third-order valence-electron chi connectivity index (χ3n) is 4.60. The van der Waals surface area contributed by atoms with Crippen LogP contribution in [0.25, 0.3) is 20.8 Å². The van der Waals surface area contributed by atoms with Gasteiger partial charge in [-0.2, -0.15) is 0 Å². The Hall–Kier alpha value is -1.94. The van der Waals surface area contributed by atoms with E-state index in [1.54, 1.807) is 0 Å². The van der Waals surface area contributed by atoms with Crippen molar-refractivity contribution < 1.29 is 0 Å². The van der Waals surface area contributed by atoms with Gasteiger partial charge < -0.3 is 4.90 Å². The quantitative estimate of drug-likeness (QED) is 0.488. The first-order valence-electron chi connectivity index (χ1n) is 8.87. The molecule has 4 heteroatoms. The van der Waals surface area contributed by atoms with E-state index in [0.717, 1.165) is 37.4 Å². The molecule has 1 aliphatic carbocycles. The lowest BCUT2D eigenvalue weighted by molar-refractivity contribution is 0.626. The van der Waals surface area contributed by atoms with Gasteiger partial charge in [0.25, 0.3) is 0 Å². The van der Waals surface area contributed by atoms with Crippen molar-refractivity contribution in [3.8, 4) is 10.6 Å². The first-order chi connectivity index (χ1) is 11.7. The van der Waals surface area contributed by atoms with Crippen molar-refractivity contribution in [1.29, 1.82) is 0 Å². The zero-order valence-corrected chi connectivity index (χ0v) is 15.9. The first-order valence-corrected chi connectivity index (χ1v) is 9.69. The number of rotatable bonds is 5. The van der Waals surface area contributed by atoms with Gasteiger partial charge in [-0.05, 0) is 52.0 Å². The van der Waals surface area contributed by atoms with Gasteiger partial charge in [-0.25, -0.2) is 9.56 Å². The predicted octanol–water partition coefficient (Wildman–Crippen LogP) is 4.70. The highest BCUT2D eigenvalue weighted by atomic mass is 32.1. The van der Waals surface area contributed by atoms with E-state index in [-0.39, 0.29) is 7.43 Å². The van der Waals surface area contributed by atoms with Crippen molar-refractivity contribution in [2.24, 2.45) is 0 Å². The molecule has 0 saturated carbocycles. The van der Waals surface area contributed by atoms with Crippen LogP contribution in [0.1, 0.15) is 35.1 Å². The van der Waals surface area contributed by atoms with Crippen molar-refractivity contribution in [1.82, 2.24) is 9.56 Å². The summed E-state index contributed by atoms with van der Waals surface area (Å²) in [6.07, 6.45) is 0. The maximum absolute atomic E-state index is 4.86. The van der Waals surface area contributed by atoms with Crippen LogP contribution < -0.4 is 14.8 Å². The zero-order chi connectivity index (χ0) is 17.1. The lowest BCUT2D eigenvalue weighted by atomic mass is 10.2. The average molecular weight is 357 g/mol. The molecule has 0 fully saturated rings. The molecule has 0 atom stereocenters. The molecule has 3 rings (SSSR count). The Labute approximate surface area is 155 Å². The summed E-state index contributed by atoms with van der Waals surface area (Å²) in [5, 5.41) is 1.28. The van der Waals surface area contributed by atoms with Crippen molar-refractivity contribution in [3.63, 3.8) is 0 Å². The average Bonchev–Trinajstić information content (AvgIpc) is 2.62. The van der Waals surface area contributed by atoms with Crippen LogP contribution in [0.4, 0.5) is 5.69 Å². The van der Waals surface area contributed by atoms with Crippen LogP contribution in [0.2, 0.25) is 0 Å². The van der Waals surface area contributed by atoms with E-state index in [0.29, 0.717) is 0 Å². The molecular formula is C21H30N3S+. The number of fused-ring (bicyclic) bond motifs is 2. The second kappa shape index (κ2) is 8.43. The second-order valence-corrected chi connectivity index (χ2v) is 6.95. The van der Waals surface area contributed by atoms with Crippen molar-refractivity contribution in [2.45, 2.75) is 35.1 Å². The molecule has 1 aromatic rings. The highest BCUT2D eigenvalue weighted by Gasteiger charge is 2.11. The lowest BCUT2D eigenvalue weighted by Gasteiger charge is -2.21. The number of hydrogen-bond donors (Lipinski definition) is 0.